The summed E-state index contributed by atoms with van der Waals surface area (Å²) in [6.07, 6.45) is 3.68. The molecule has 5 nitrogen and oxygen atoms in total. The van der Waals surface area contributed by atoms with Crippen molar-refractivity contribution in [2.24, 2.45) is 0 Å². The van der Waals surface area contributed by atoms with Gasteiger partial charge in [0.1, 0.15) is 5.75 Å². The molecule has 0 bridgehead atoms. The highest BCUT2D eigenvalue weighted by Crippen LogP contribution is 2.42. The smallest absolute Gasteiger partial charge is 0.133 e. The molecule has 0 saturated carbocycles. The Bertz CT molecular complexity index is 1140. The number of H-pyrrole nitrogens is 1. The number of hydrogen-bond acceptors (Lipinski definition) is 4. The van der Waals surface area contributed by atoms with E-state index in [1.54, 1.807) is 13.3 Å². The van der Waals surface area contributed by atoms with Crippen LogP contribution in [0.25, 0.3) is 22.2 Å². The zero-order chi connectivity index (χ0) is 19.1. The number of nitrogens with zero attached hydrogens (tertiary/aromatic N) is 3. The van der Waals surface area contributed by atoms with E-state index >= 15 is 0 Å². The summed E-state index contributed by atoms with van der Waals surface area (Å²) in [6, 6.07) is 17.1. The third-order valence-corrected chi connectivity index (χ3v) is 5.63. The van der Waals surface area contributed by atoms with Crippen LogP contribution in [0, 0.1) is 0 Å². The first kappa shape index (κ1) is 17.0. The minimum atomic E-state index is 0.304. The van der Waals surface area contributed by atoms with Crippen LogP contribution in [-0.2, 0) is 6.54 Å². The molecule has 0 spiro atoms. The molecule has 0 fully saturated rings. The minimum absolute atomic E-state index is 0.304. The van der Waals surface area contributed by atoms with Gasteiger partial charge < -0.3 is 14.6 Å². The van der Waals surface area contributed by atoms with E-state index in [4.69, 9.17) is 4.74 Å². The van der Waals surface area contributed by atoms with E-state index in [-0.39, 0.29) is 0 Å². The first-order valence-electron chi connectivity index (χ1n) is 9.48. The molecule has 1 aliphatic heterocycles. The maximum Gasteiger partial charge on any atom is 0.133 e. The predicted molar refractivity (Wildman–Crippen MR) is 110 cm³/mol. The maximum absolute atomic E-state index is 5.89. The van der Waals surface area contributed by atoms with Gasteiger partial charge in [-0.15, -0.1) is 0 Å². The van der Waals surface area contributed by atoms with Gasteiger partial charge in [0, 0.05) is 48.0 Å². The molecular formula is C23H22N4O. The first-order valence-corrected chi connectivity index (χ1v) is 9.48. The van der Waals surface area contributed by atoms with Crippen molar-refractivity contribution in [3.8, 4) is 17.0 Å². The lowest BCUT2D eigenvalue weighted by Crippen LogP contribution is -2.31. The fourth-order valence-corrected chi connectivity index (χ4v) is 4.33. The van der Waals surface area contributed by atoms with E-state index in [1.807, 2.05) is 18.3 Å². The van der Waals surface area contributed by atoms with Crippen LogP contribution in [0.3, 0.4) is 0 Å². The number of fused-ring (bicyclic) bond motifs is 2. The molecule has 0 radical (unpaired) electrons. The molecule has 3 heterocycles. The molecule has 1 unspecified atom stereocenters. The molecule has 28 heavy (non-hydrogen) atoms. The van der Waals surface area contributed by atoms with Crippen LogP contribution in [0.15, 0.2) is 60.9 Å². The van der Waals surface area contributed by atoms with E-state index in [2.05, 4.69) is 63.5 Å². The van der Waals surface area contributed by atoms with Gasteiger partial charge in [0.15, 0.2) is 0 Å². The molecule has 140 valence electrons. The molecular weight excluding hydrogens is 348 g/mol. The summed E-state index contributed by atoms with van der Waals surface area (Å²) in [7, 11) is 3.91. The number of aromatic amines is 1. The molecule has 1 atom stereocenters. The van der Waals surface area contributed by atoms with Gasteiger partial charge in [-0.1, -0.05) is 12.1 Å². The summed E-state index contributed by atoms with van der Waals surface area (Å²) in [6.45, 7) is 1.84. The highest BCUT2D eigenvalue weighted by atomic mass is 16.5. The average molecular weight is 370 g/mol. The number of benzene rings is 2. The van der Waals surface area contributed by atoms with Crippen LogP contribution >= 0.6 is 0 Å². The summed E-state index contributed by atoms with van der Waals surface area (Å²) in [5.74, 6) is 1.20. The van der Waals surface area contributed by atoms with Gasteiger partial charge in [0.2, 0.25) is 0 Å². The molecule has 4 aromatic rings. The van der Waals surface area contributed by atoms with Gasteiger partial charge in [-0.2, -0.15) is 10.2 Å². The lowest BCUT2D eigenvalue weighted by Gasteiger charge is -2.34. The number of nitrogens with one attached hydrogen (secondary N) is 1. The Balaban J connectivity index is 1.66. The van der Waals surface area contributed by atoms with Crippen LogP contribution in [0.1, 0.15) is 22.6 Å². The van der Waals surface area contributed by atoms with E-state index in [9.17, 15) is 0 Å². The van der Waals surface area contributed by atoms with Crippen molar-refractivity contribution in [2.45, 2.75) is 12.5 Å². The molecule has 0 saturated heterocycles. The Morgan fingerprint density at radius 1 is 1.14 bits per heavy atom. The molecule has 5 rings (SSSR count). The number of ether oxygens (including phenoxy) is 1. The minimum Gasteiger partial charge on any atom is -0.496 e. The number of hydrogen-bond donors (Lipinski definition) is 1. The topological polar surface area (TPSA) is 54.0 Å². The van der Waals surface area contributed by atoms with Gasteiger partial charge in [-0.05, 0) is 60.0 Å². The second-order valence-electron chi connectivity index (χ2n) is 7.40. The maximum atomic E-state index is 5.89. The van der Waals surface area contributed by atoms with Crippen molar-refractivity contribution in [1.82, 2.24) is 20.1 Å². The normalized spacial score (nSPS) is 16.9. The number of likely N-dealkylation sites (N-methyl/N-ethyl adjacent to an activating group) is 1. The van der Waals surface area contributed by atoms with Crippen molar-refractivity contribution in [2.75, 3.05) is 20.7 Å². The molecule has 0 aliphatic carbocycles. The third kappa shape index (κ3) is 2.75. The Kier molecular flexibility index (Phi) is 4.10. The summed E-state index contributed by atoms with van der Waals surface area (Å²) in [5, 5.41) is 9.56. The van der Waals surface area contributed by atoms with Gasteiger partial charge in [-0.3, -0.25) is 0 Å². The standard InChI is InChI=1S/C23H22N4O/c1-27-13-19(15-5-8-21-16(12-15)9-11-24-21)17-6-7-18(22-4-3-10-25-26-22)23(28-2)20(17)14-27/h3-12,19,24H,13-14H2,1-2H3. The Labute approximate surface area is 164 Å². The number of rotatable bonds is 3. The van der Waals surface area contributed by atoms with Crippen molar-refractivity contribution >= 4 is 10.9 Å². The molecule has 2 aromatic heterocycles. The summed E-state index contributed by atoms with van der Waals surface area (Å²) in [5.41, 5.74) is 6.89. The molecule has 5 heteroatoms. The molecule has 0 amide bonds. The Hall–Kier alpha value is -3.18. The van der Waals surface area contributed by atoms with Crippen LogP contribution in [0.2, 0.25) is 0 Å². The van der Waals surface area contributed by atoms with Crippen molar-refractivity contribution in [3.63, 3.8) is 0 Å². The zero-order valence-electron chi connectivity index (χ0n) is 16.0. The first-order chi connectivity index (χ1) is 13.7. The van der Waals surface area contributed by atoms with Crippen molar-refractivity contribution < 1.29 is 4.74 Å². The largest absolute Gasteiger partial charge is 0.496 e. The fraction of sp³-hybridized carbons (Fsp3) is 0.217. The van der Waals surface area contributed by atoms with Gasteiger partial charge in [0.25, 0.3) is 0 Å². The third-order valence-electron chi connectivity index (χ3n) is 5.63. The van der Waals surface area contributed by atoms with E-state index in [1.165, 1.54) is 27.6 Å². The molecule has 2 aromatic carbocycles. The lowest BCUT2D eigenvalue weighted by atomic mass is 9.83. The van der Waals surface area contributed by atoms with E-state index < -0.39 is 0 Å². The lowest BCUT2D eigenvalue weighted by molar-refractivity contribution is 0.286. The van der Waals surface area contributed by atoms with Crippen molar-refractivity contribution in [1.29, 1.82) is 0 Å². The second-order valence-corrected chi connectivity index (χ2v) is 7.40. The molecule has 1 aliphatic rings. The summed E-state index contributed by atoms with van der Waals surface area (Å²) >= 11 is 0. The van der Waals surface area contributed by atoms with Gasteiger partial charge in [-0.25, -0.2) is 0 Å². The number of methoxy groups -OCH3 is 1. The fourth-order valence-electron chi connectivity index (χ4n) is 4.33. The van der Waals surface area contributed by atoms with Crippen molar-refractivity contribution in [3.05, 3.63) is 77.6 Å². The quantitative estimate of drug-likeness (QED) is 0.587. The Morgan fingerprint density at radius 3 is 2.89 bits per heavy atom. The van der Waals surface area contributed by atoms with Crippen LogP contribution in [-0.4, -0.2) is 40.8 Å². The van der Waals surface area contributed by atoms with Crippen LogP contribution in [0.5, 0.6) is 5.75 Å². The predicted octanol–water partition coefficient (Wildman–Crippen LogP) is 4.21. The Morgan fingerprint density at radius 2 is 2.07 bits per heavy atom. The highest BCUT2D eigenvalue weighted by molar-refractivity contribution is 5.80. The summed E-state index contributed by atoms with van der Waals surface area (Å²) in [4.78, 5) is 5.64. The van der Waals surface area contributed by atoms with Gasteiger partial charge >= 0.3 is 0 Å². The van der Waals surface area contributed by atoms with Crippen LogP contribution in [0.4, 0.5) is 0 Å². The summed E-state index contributed by atoms with van der Waals surface area (Å²) < 4.78 is 5.89. The second kappa shape index (κ2) is 6.77. The number of aromatic nitrogens is 3. The zero-order valence-corrected chi connectivity index (χ0v) is 16.0. The highest BCUT2D eigenvalue weighted by Gasteiger charge is 2.29. The van der Waals surface area contributed by atoms with Crippen LogP contribution < -0.4 is 4.74 Å². The molecule has 1 N–H and O–H groups in total. The SMILES string of the molecule is COc1c(-c2cccnn2)ccc2c1CN(C)CC2c1ccc2[nH]ccc2c1. The van der Waals surface area contributed by atoms with E-state index in [0.717, 1.165) is 30.1 Å². The monoisotopic (exact) mass is 370 g/mol. The average Bonchev–Trinajstić information content (AvgIpc) is 3.20. The van der Waals surface area contributed by atoms with E-state index in [0.29, 0.717) is 5.92 Å². The van der Waals surface area contributed by atoms with Gasteiger partial charge in [0.05, 0.1) is 12.8 Å².